The van der Waals surface area contributed by atoms with Crippen molar-refractivity contribution in [2.45, 2.75) is 58.4 Å². The lowest BCUT2D eigenvalue weighted by Gasteiger charge is -2.28. The van der Waals surface area contributed by atoms with Gasteiger partial charge in [-0.15, -0.1) is 0 Å². The molecule has 0 radical (unpaired) electrons. The van der Waals surface area contributed by atoms with E-state index in [1.165, 1.54) is 23.0 Å². The van der Waals surface area contributed by atoms with Crippen LogP contribution in [0.1, 0.15) is 72.1 Å². The SMILES string of the molecule is CCOC(=O)CC1CCC(c2ccc(-c3cn4cc(C(=O)NCc5cc(C)ccc5F)nc4s3)cc2)CC1. The van der Waals surface area contributed by atoms with Crippen LogP contribution in [0.3, 0.4) is 0 Å². The Morgan fingerprint density at radius 2 is 1.87 bits per heavy atom. The van der Waals surface area contributed by atoms with Gasteiger partial charge in [0.05, 0.1) is 11.5 Å². The molecule has 0 aliphatic heterocycles. The third-order valence-corrected chi connectivity index (χ3v) is 8.35. The molecule has 0 bridgehead atoms. The second-order valence-corrected chi connectivity index (χ2v) is 11.0. The molecule has 0 saturated heterocycles. The van der Waals surface area contributed by atoms with Crippen LogP contribution >= 0.6 is 11.3 Å². The zero-order chi connectivity index (χ0) is 26.6. The van der Waals surface area contributed by atoms with Crippen LogP contribution in [-0.2, 0) is 16.1 Å². The zero-order valence-electron chi connectivity index (χ0n) is 21.7. The molecule has 1 fully saturated rings. The van der Waals surface area contributed by atoms with E-state index in [1.807, 2.05) is 24.4 Å². The molecular formula is C30H32FN3O3S. The Morgan fingerprint density at radius 1 is 1.11 bits per heavy atom. The minimum atomic E-state index is -0.334. The number of carbonyl (C=O) groups is 2. The molecule has 5 rings (SSSR count). The van der Waals surface area contributed by atoms with Gasteiger partial charge in [0.2, 0.25) is 0 Å². The number of hydrogen-bond acceptors (Lipinski definition) is 5. The van der Waals surface area contributed by atoms with Gasteiger partial charge in [-0.05, 0) is 68.6 Å². The monoisotopic (exact) mass is 533 g/mol. The highest BCUT2D eigenvalue weighted by Gasteiger charge is 2.24. The van der Waals surface area contributed by atoms with Crippen LogP contribution in [0.25, 0.3) is 15.4 Å². The molecule has 2 heterocycles. The Labute approximate surface area is 225 Å². The van der Waals surface area contributed by atoms with E-state index >= 15 is 0 Å². The summed E-state index contributed by atoms with van der Waals surface area (Å²) in [5.74, 6) is 0.219. The number of nitrogens with one attached hydrogen (secondary N) is 1. The van der Waals surface area contributed by atoms with E-state index in [1.54, 1.807) is 18.3 Å². The van der Waals surface area contributed by atoms with E-state index in [0.29, 0.717) is 36.1 Å². The number of imidazole rings is 1. The number of amides is 1. The van der Waals surface area contributed by atoms with E-state index in [-0.39, 0.29) is 24.2 Å². The van der Waals surface area contributed by atoms with Crippen molar-refractivity contribution in [1.29, 1.82) is 0 Å². The van der Waals surface area contributed by atoms with Gasteiger partial charge in [-0.3, -0.25) is 14.0 Å². The lowest BCUT2D eigenvalue weighted by atomic mass is 9.77. The van der Waals surface area contributed by atoms with Crippen molar-refractivity contribution in [2.24, 2.45) is 5.92 Å². The molecule has 1 saturated carbocycles. The van der Waals surface area contributed by atoms with Crippen LogP contribution in [0, 0.1) is 18.7 Å². The Bertz CT molecular complexity index is 1400. The maximum Gasteiger partial charge on any atom is 0.306 e. The summed E-state index contributed by atoms with van der Waals surface area (Å²) in [6, 6.07) is 13.6. The topological polar surface area (TPSA) is 72.7 Å². The van der Waals surface area contributed by atoms with Crippen molar-refractivity contribution in [1.82, 2.24) is 14.7 Å². The van der Waals surface area contributed by atoms with Gasteiger partial charge in [0.1, 0.15) is 11.5 Å². The van der Waals surface area contributed by atoms with Crippen molar-refractivity contribution >= 4 is 28.2 Å². The van der Waals surface area contributed by atoms with Gasteiger partial charge in [-0.2, -0.15) is 0 Å². The molecular weight excluding hydrogens is 501 g/mol. The van der Waals surface area contributed by atoms with E-state index in [2.05, 4.69) is 34.6 Å². The van der Waals surface area contributed by atoms with Crippen LogP contribution < -0.4 is 5.32 Å². The average molecular weight is 534 g/mol. The summed E-state index contributed by atoms with van der Waals surface area (Å²) in [4.78, 5) is 30.7. The number of rotatable bonds is 8. The largest absolute Gasteiger partial charge is 0.466 e. The van der Waals surface area contributed by atoms with Gasteiger partial charge in [-0.25, -0.2) is 9.37 Å². The highest BCUT2D eigenvalue weighted by atomic mass is 32.1. The average Bonchev–Trinajstić information content (AvgIpc) is 3.50. The number of benzene rings is 2. The summed E-state index contributed by atoms with van der Waals surface area (Å²) in [6.07, 6.45) is 8.54. The molecule has 198 valence electrons. The summed E-state index contributed by atoms with van der Waals surface area (Å²) >= 11 is 1.53. The van der Waals surface area contributed by atoms with E-state index < -0.39 is 0 Å². The summed E-state index contributed by atoms with van der Waals surface area (Å²) in [5.41, 5.74) is 4.16. The first-order valence-corrected chi connectivity index (χ1v) is 14.0. The summed E-state index contributed by atoms with van der Waals surface area (Å²) in [6.45, 7) is 4.30. The van der Waals surface area contributed by atoms with Gasteiger partial charge in [0, 0.05) is 30.9 Å². The Hall–Kier alpha value is -3.52. The zero-order valence-corrected chi connectivity index (χ0v) is 22.5. The molecule has 6 nitrogen and oxygen atoms in total. The second kappa shape index (κ2) is 11.5. The quantitative estimate of drug-likeness (QED) is 0.257. The van der Waals surface area contributed by atoms with E-state index in [0.717, 1.165) is 46.6 Å². The molecule has 4 aromatic rings. The Kier molecular flexibility index (Phi) is 7.88. The third-order valence-electron chi connectivity index (χ3n) is 7.30. The van der Waals surface area contributed by atoms with Crippen LogP contribution in [0.5, 0.6) is 0 Å². The smallest absolute Gasteiger partial charge is 0.306 e. The van der Waals surface area contributed by atoms with Crippen LogP contribution in [0.2, 0.25) is 0 Å². The number of esters is 1. The Balaban J connectivity index is 1.18. The van der Waals surface area contributed by atoms with Gasteiger partial charge in [0.25, 0.3) is 5.91 Å². The number of carbonyl (C=O) groups excluding carboxylic acids is 2. The number of fused-ring (bicyclic) bond motifs is 1. The fraction of sp³-hybridized carbons (Fsp3) is 0.367. The minimum absolute atomic E-state index is 0.0759. The van der Waals surface area contributed by atoms with Gasteiger partial charge in [0.15, 0.2) is 4.96 Å². The third kappa shape index (κ3) is 5.96. The lowest BCUT2D eigenvalue weighted by molar-refractivity contribution is -0.144. The molecule has 38 heavy (non-hydrogen) atoms. The maximum absolute atomic E-state index is 14.0. The highest BCUT2D eigenvalue weighted by molar-refractivity contribution is 7.20. The molecule has 1 aliphatic carbocycles. The summed E-state index contributed by atoms with van der Waals surface area (Å²) < 4.78 is 20.9. The van der Waals surface area contributed by atoms with Crippen molar-refractivity contribution in [3.63, 3.8) is 0 Å². The van der Waals surface area contributed by atoms with Crippen molar-refractivity contribution in [2.75, 3.05) is 6.61 Å². The number of aryl methyl sites for hydroxylation is 1. The highest BCUT2D eigenvalue weighted by Crippen LogP contribution is 2.38. The second-order valence-electron chi connectivity index (χ2n) is 10.0. The number of thiazole rings is 1. The van der Waals surface area contributed by atoms with E-state index in [4.69, 9.17) is 4.74 Å². The summed E-state index contributed by atoms with van der Waals surface area (Å²) in [7, 11) is 0. The first kappa shape index (κ1) is 26.1. The molecule has 1 N–H and O–H groups in total. The van der Waals surface area contributed by atoms with Gasteiger partial charge < -0.3 is 10.1 Å². The van der Waals surface area contributed by atoms with Crippen LogP contribution in [-0.4, -0.2) is 27.9 Å². The number of halogens is 1. The fourth-order valence-corrected chi connectivity index (χ4v) is 6.19. The normalized spacial score (nSPS) is 17.4. The first-order valence-electron chi connectivity index (χ1n) is 13.2. The Morgan fingerprint density at radius 3 is 2.58 bits per heavy atom. The number of hydrogen-bond donors (Lipinski definition) is 1. The molecule has 2 aromatic carbocycles. The maximum atomic E-state index is 14.0. The number of nitrogens with zero attached hydrogens (tertiary/aromatic N) is 2. The summed E-state index contributed by atoms with van der Waals surface area (Å²) in [5, 5.41) is 2.76. The molecule has 8 heteroatoms. The molecule has 0 spiro atoms. The minimum Gasteiger partial charge on any atom is -0.466 e. The van der Waals surface area contributed by atoms with Crippen LogP contribution in [0.4, 0.5) is 4.39 Å². The van der Waals surface area contributed by atoms with Gasteiger partial charge >= 0.3 is 5.97 Å². The van der Waals surface area contributed by atoms with E-state index in [9.17, 15) is 14.0 Å². The first-order chi connectivity index (χ1) is 18.4. The molecule has 2 aromatic heterocycles. The molecule has 1 aliphatic rings. The predicted molar refractivity (Wildman–Crippen MR) is 147 cm³/mol. The number of aromatic nitrogens is 2. The lowest BCUT2D eigenvalue weighted by Crippen LogP contribution is -2.23. The molecule has 0 atom stereocenters. The van der Waals surface area contributed by atoms with Crippen molar-refractivity contribution in [3.8, 4) is 10.4 Å². The van der Waals surface area contributed by atoms with Crippen LogP contribution in [0.15, 0.2) is 54.9 Å². The molecule has 1 amide bonds. The number of ether oxygens (including phenoxy) is 1. The van der Waals surface area contributed by atoms with Crippen molar-refractivity contribution in [3.05, 3.63) is 83.1 Å². The fourth-order valence-electron chi connectivity index (χ4n) is 5.22. The molecule has 0 unspecified atom stereocenters. The predicted octanol–water partition coefficient (Wildman–Crippen LogP) is 6.67. The van der Waals surface area contributed by atoms with Crippen molar-refractivity contribution < 1.29 is 18.7 Å². The van der Waals surface area contributed by atoms with Gasteiger partial charge in [-0.1, -0.05) is 53.3 Å². The standard InChI is InChI=1S/C30H32FN3O3S/c1-3-37-28(35)15-20-5-7-21(8-6-20)22-9-11-23(12-10-22)27-18-34-17-26(33-30(34)38-27)29(36)32-16-24-14-19(2)4-13-25(24)31/h4,9-14,17-18,20-21H,3,5-8,15-16H2,1-2H3,(H,32,36).